The Labute approximate surface area is 271 Å². The molecule has 0 unspecified atom stereocenters. The van der Waals surface area contributed by atoms with E-state index < -0.39 is 23.4 Å². The van der Waals surface area contributed by atoms with Crippen LogP contribution >= 0.6 is 0 Å². The molecule has 47 heavy (non-hydrogen) atoms. The van der Waals surface area contributed by atoms with Gasteiger partial charge < -0.3 is 9.84 Å². The monoisotopic (exact) mass is 626 g/mol. The number of aliphatic hydroxyl groups excluding tert-OH is 1. The number of imidazole rings is 1. The standard InChI is InChI=1S/C37H34N6O4/c44-24-30-22-42(37(27-15-7-2-8-16-27,28-17-9-3-10-18-28)29-19-11-4-12-20-29)23-32(47-30)43-25-38-33-34(43)40-36(41-35(33)46)39-31(45)21-26-13-5-1-6-14-26/h1-20,25,30,32,44H,21-24H2,(H2,39,40,41,45,46)/t30-,32+/m0/s1. The van der Waals surface area contributed by atoms with Crippen LogP contribution in [0.2, 0.25) is 0 Å². The Hall–Kier alpha value is -5.42. The number of fused-ring (bicyclic) bond motifs is 1. The van der Waals surface area contributed by atoms with E-state index in [4.69, 9.17) is 4.74 Å². The molecule has 0 bridgehead atoms. The predicted molar refractivity (Wildman–Crippen MR) is 179 cm³/mol. The van der Waals surface area contributed by atoms with Crippen molar-refractivity contribution < 1.29 is 14.6 Å². The third-order valence-corrected chi connectivity index (χ3v) is 8.61. The van der Waals surface area contributed by atoms with Crippen molar-refractivity contribution in [3.05, 3.63) is 160 Å². The molecule has 0 spiro atoms. The van der Waals surface area contributed by atoms with Crippen LogP contribution in [0.5, 0.6) is 0 Å². The van der Waals surface area contributed by atoms with Crippen LogP contribution in [0.3, 0.4) is 0 Å². The number of carbonyl (C=O) groups excluding carboxylic acids is 1. The number of nitrogens with one attached hydrogen (secondary N) is 2. The van der Waals surface area contributed by atoms with Crippen molar-refractivity contribution in [2.75, 3.05) is 25.0 Å². The average molecular weight is 627 g/mol. The Balaban J connectivity index is 1.31. The van der Waals surface area contributed by atoms with Gasteiger partial charge in [0.2, 0.25) is 11.9 Å². The first-order chi connectivity index (χ1) is 23.1. The molecule has 1 amide bonds. The summed E-state index contributed by atoms with van der Waals surface area (Å²) in [6, 6.07) is 40.3. The zero-order chi connectivity index (χ0) is 32.2. The Kier molecular flexibility index (Phi) is 8.45. The molecule has 6 aromatic rings. The number of morpholine rings is 1. The van der Waals surface area contributed by atoms with Crippen LogP contribution in [0.4, 0.5) is 5.95 Å². The van der Waals surface area contributed by atoms with Crippen LogP contribution < -0.4 is 10.9 Å². The van der Waals surface area contributed by atoms with Crippen molar-refractivity contribution in [3.8, 4) is 0 Å². The molecular weight excluding hydrogens is 592 g/mol. The minimum absolute atomic E-state index is 0.0174. The Morgan fingerprint density at radius 2 is 1.40 bits per heavy atom. The maximum absolute atomic E-state index is 13.1. The van der Waals surface area contributed by atoms with E-state index in [0.717, 1.165) is 22.3 Å². The highest BCUT2D eigenvalue weighted by molar-refractivity contribution is 5.91. The first kappa shape index (κ1) is 30.2. The summed E-state index contributed by atoms with van der Waals surface area (Å²) in [5.74, 6) is -0.299. The number of carbonyl (C=O) groups is 1. The molecule has 1 fully saturated rings. The Morgan fingerprint density at radius 3 is 1.96 bits per heavy atom. The third-order valence-electron chi connectivity index (χ3n) is 8.61. The lowest BCUT2D eigenvalue weighted by Gasteiger charge is -2.50. The van der Waals surface area contributed by atoms with Crippen LogP contribution in [-0.4, -0.2) is 61.2 Å². The molecule has 1 saturated heterocycles. The maximum atomic E-state index is 13.1. The number of aliphatic hydroxyl groups is 1. The number of ether oxygens (including phenoxy) is 1. The molecule has 3 N–H and O–H groups in total. The zero-order valence-electron chi connectivity index (χ0n) is 25.6. The summed E-state index contributed by atoms with van der Waals surface area (Å²) < 4.78 is 8.16. The molecule has 1 aliphatic heterocycles. The topological polar surface area (TPSA) is 125 Å². The summed E-state index contributed by atoms with van der Waals surface area (Å²) in [6.07, 6.45) is 0.416. The molecule has 0 saturated carbocycles. The predicted octanol–water partition coefficient (Wildman–Crippen LogP) is 4.48. The largest absolute Gasteiger partial charge is 0.394 e. The van der Waals surface area contributed by atoms with E-state index in [0.29, 0.717) is 13.1 Å². The fraction of sp³-hybridized carbons (Fsp3) is 0.189. The van der Waals surface area contributed by atoms with Crippen LogP contribution in [0.1, 0.15) is 28.5 Å². The van der Waals surface area contributed by atoms with Crippen LogP contribution in [0.25, 0.3) is 11.2 Å². The second kappa shape index (κ2) is 13.1. The number of hydrogen-bond donors (Lipinski definition) is 3. The van der Waals surface area contributed by atoms with Crippen LogP contribution in [0.15, 0.2) is 132 Å². The van der Waals surface area contributed by atoms with E-state index in [1.165, 1.54) is 6.33 Å². The molecular formula is C37H34N6O4. The minimum Gasteiger partial charge on any atom is -0.394 e. The smallest absolute Gasteiger partial charge is 0.280 e. The number of amides is 1. The molecule has 2 aromatic heterocycles. The molecule has 10 nitrogen and oxygen atoms in total. The van der Waals surface area contributed by atoms with Crippen molar-refractivity contribution in [3.63, 3.8) is 0 Å². The third kappa shape index (κ3) is 5.85. The fourth-order valence-electron chi connectivity index (χ4n) is 6.58. The highest BCUT2D eigenvalue weighted by Gasteiger charge is 2.46. The molecule has 4 aromatic carbocycles. The summed E-state index contributed by atoms with van der Waals surface area (Å²) in [5.41, 5.74) is 3.15. The van der Waals surface area contributed by atoms with Gasteiger partial charge in [-0.2, -0.15) is 4.98 Å². The van der Waals surface area contributed by atoms with Gasteiger partial charge in [-0.1, -0.05) is 121 Å². The van der Waals surface area contributed by atoms with Crippen molar-refractivity contribution in [1.82, 2.24) is 24.4 Å². The van der Waals surface area contributed by atoms with Gasteiger partial charge in [-0.3, -0.25) is 29.4 Å². The second-order valence-electron chi connectivity index (χ2n) is 11.6. The first-order valence-corrected chi connectivity index (χ1v) is 15.5. The van der Waals surface area contributed by atoms with Crippen molar-refractivity contribution >= 4 is 23.0 Å². The van der Waals surface area contributed by atoms with Crippen LogP contribution in [0, 0.1) is 0 Å². The maximum Gasteiger partial charge on any atom is 0.280 e. The minimum atomic E-state index is -0.753. The quantitative estimate of drug-likeness (QED) is 0.202. The van der Waals surface area contributed by atoms with Gasteiger partial charge in [0.1, 0.15) is 6.23 Å². The van der Waals surface area contributed by atoms with E-state index in [1.54, 1.807) is 4.57 Å². The first-order valence-electron chi connectivity index (χ1n) is 15.5. The number of nitrogens with zero attached hydrogens (tertiary/aromatic N) is 4. The lowest BCUT2D eigenvalue weighted by molar-refractivity contribution is -0.148. The molecule has 3 heterocycles. The number of H-pyrrole nitrogens is 1. The van der Waals surface area contributed by atoms with Gasteiger partial charge in [0.05, 0.1) is 31.0 Å². The molecule has 2 atom stereocenters. The van der Waals surface area contributed by atoms with E-state index >= 15 is 0 Å². The van der Waals surface area contributed by atoms with Gasteiger partial charge in [-0.15, -0.1) is 0 Å². The Bertz CT molecular complexity index is 1920. The van der Waals surface area contributed by atoms with Gasteiger partial charge in [0.25, 0.3) is 5.56 Å². The van der Waals surface area contributed by atoms with E-state index in [1.807, 2.05) is 84.9 Å². The molecule has 0 aliphatic carbocycles. The van der Waals surface area contributed by atoms with Crippen molar-refractivity contribution in [2.24, 2.45) is 0 Å². The summed E-state index contributed by atoms with van der Waals surface area (Å²) in [4.78, 5) is 39.9. The normalized spacial score (nSPS) is 17.0. The van der Waals surface area contributed by atoms with E-state index in [9.17, 15) is 14.7 Å². The lowest BCUT2D eigenvalue weighted by atomic mass is 9.75. The van der Waals surface area contributed by atoms with Crippen LogP contribution in [-0.2, 0) is 21.5 Å². The van der Waals surface area contributed by atoms with Gasteiger partial charge in [-0.05, 0) is 22.3 Å². The number of anilines is 1. The summed E-state index contributed by atoms with van der Waals surface area (Å²) in [7, 11) is 0. The number of hydrogen-bond acceptors (Lipinski definition) is 7. The number of aromatic amines is 1. The number of rotatable bonds is 9. The summed E-state index contributed by atoms with van der Waals surface area (Å²) in [6.45, 7) is 0.570. The molecule has 10 heteroatoms. The van der Waals surface area contributed by atoms with Gasteiger partial charge in [0, 0.05) is 13.1 Å². The fourth-order valence-corrected chi connectivity index (χ4v) is 6.58. The highest BCUT2D eigenvalue weighted by atomic mass is 16.5. The van der Waals surface area contributed by atoms with Gasteiger partial charge in [-0.25, -0.2) is 4.98 Å². The molecule has 1 aliphatic rings. The van der Waals surface area contributed by atoms with Crippen molar-refractivity contribution in [1.29, 1.82) is 0 Å². The lowest BCUT2D eigenvalue weighted by Crippen LogP contribution is -2.57. The Morgan fingerprint density at radius 1 is 0.851 bits per heavy atom. The summed E-state index contributed by atoms with van der Waals surface area (Å²) >= 11 is 0. The van der Waals surface area contributed by atoms with Gasteiger partial charge in [0.15, 0.2) is 11.2 Å². The SMILES string of the molecule is O=C(Cc1ccccc1)Nc1nc2c(ncn2[C@H]2CN(C(c3ccccc3)(c3ccccc3)c3ccccc3)C[C@@H](CO)O2)c(=O)[nH]1. The average Bonchev–Trinajstić information content (AvgIpc) is 3.55. The van der Waals surface area contributed by atoms with E-state index in [2.05, 4.69) is 61.6 Å². The highest BCUT2D eigenvalue weighted by Crippen LogP contribution is 2.44. The van der Waals surface area contributed by atoms with Crippen molar-refractivity contribution in [2.45, 2.75) is 24.3 Å². The molecule has 236 valence electrons. The summed E-state index contributed by atoms with van der Waals surface area (Å²) in [5, 5.41) is 13.3. The van der Waals surface area contributed by atoms with Gasteiger partial charge >= 0.3 is 0 Å². The number of benzene rings is 4. The molecule has 0 radical (unpaired) electrons. The van der Waals surface area contributed by atoms with E-state index in [-0.39, 0.29) is 36.0 Å². The second-order valence-corrected chi connectivity index (χ2v) is 11.6. The number of aromatic nitrogens is 4. The molecule has 7 rings (SSSR count). The zero-order valence-corrected chi connectivity index (χ0v) is 25.6.